The van der Waals surface area contributed by atoms with Gasteiger partial charge in [0.25, 0.3) is 0 Å². The van der Waals surface area contributed by atoms with Crippen LogP contribution in [0.5, 0.6) is 0 Å². The maximum absolute atomic E-state index is 11.7. The van der Waals surface area contributed by atoms with Gasteiger partial charge in [-0.15, -0.1) is 0 Å². The Labute approximate surface area is 112 Å². The number of methoxy groups -OCH3 is 1. The molecule has 0 radical (unpaired) electrons. The van der Waals surface area contributed by atoms with Crippen molar-refractivity contribution in [1.29, 1.82) is 0 Å². The third-order valence-electron chi connectivity index (χ3n) is 2.99. The number of aromatic nitrogens is 2. The fourth-order valence-electron chi connectivity index (χ4n) is 1.89. The molecule has 0 saturated carbocycles. The van der Waals surface area contributed by atoms with E-state index in [1.54, 1.807) is 24.2 Å². The van der Waals surface area contributed by atoms with Crippen LogP contribution in [0, 0.1) is 5.92 Å². The molecule has 1 aromatic heterocycles. The van der Waals surface area contributed by atoms with Crippen LogP contribution in [0.2, 0.25) is 0 Å². The topological polar surface area (TPSA) is 77.4 Å². The Balaban J connectivity index is 1.70. The highest BCUT2D eigenvalue weighted by Gasteiger charge is 2.16. The van der Waals surface area contributed by atoms with Crippen molar-refractivity contribution in [3.8, 4) is 0 Å². The highest BCUT2D eigenvalue weighted by molar-refractivity contribution is 5.88. The number of urea groups is 1. The third-order valence-corrected chi connectivity index (χ3v) is 2.99. The van der Waals surface area contributed by atoms with Crippen molar-refractivity contribution in [2.45, 2.75) is 13.0 Å². The highest BCUT2D eigenvalue weighted by Crippen LogP contribution is 2.10. The number of hydrogen-bond donors (Lipinski definition) is 2. The Hall–Kier alpha value is -1.60. The van der Waals surface area contributed by atoms with Crippen molar-refractivity contribution in [1.82, 2.24) is 15.1 Å². The van der Waals surface area contributed by atoms with Gasteiger partial charge < -0.3 is 20.1 Å². The minimum Gasteiger partial charge on any atom is -0.383 e. The van der Waals surface area contributed by atoms with E-state index in [0.717, 1.165) is 19.6 Å². The molecule has 1 aliphatic rings. The summed E-state index contributed by atoms with van der Waals surface area (Å²) in [6.07, 6.45) is 4.40. The second-order valence-corrected chi connectivity index (χ2v) is 4.55. The summed E-state index contributed by atoms with van der Waals surface area (Å²) >= 11 is 0. The van der Waals surface area contributed by atoms with Crippen LogP contribution in [0.4, 0.5) is 10.5 Å². The molecule has 19 heavy (non-hydrogen) atoms. The van der Waals surface area contributed by atoms with Gasteiger partial charge in [0.1, 0.15) is 0 Å². The fraction of sp³-hybridized carbons (Fsp3) is 0.667. The van der Waals surface area contributed by atoms with Gasteiger partial charge in [-0.3, -0.25) is 4.68 Å². The molecule has 1 aromatic rings. The van der Waals surface area contributed by atoms with Gasteiger partial charge in [-0.1, -0.05) is 0 Å². The lowest BCUT2D eigenvalue weighted by atomic mass is 10.1. The molecule has 0 unspecified atom stereocenters. The van der Waals surface area contributed by atoms with Crippen LogP contribution < -0.4 is 10.6 Å². The summed E-state index contributed by atoms with van der Waals surface area (Å²) in [5.74, 6) is 0.426. The second-order valence-electron chi connectivity index (χ2n) is 4.55. The maximum Gasteiger partial charge on any atom is 0.319 e. The Kier molecular flexibility index (Phi) is 5.17. The molecule has 0 aliphatic carbocycles. The number of carbonyl (C=O) groups is 1. The van der Waals surface area contributed by atoms with Gasteiger partial charge in [0, 0.05) is 32.4 Å². The average Bonchev–Trinajstić information content (AvgIpc) is 3.05. The second kappa shape index (κ2) is 7.10. The smallest absolute Gasteiger partial charge is 0.319 e. The standard InChI is InChI=1S/C12H20N4O3/c1-18-5-3-16-8-11(7-14-16)15-12(17)13-6-10-2-4-19-9-10/h7-8,10H,2-6,9H2,1H3,(H2,13,15,17)/t10-/m1/s1. The molecule has 0 bridgehead atoms. The lowest BCUT2D eigenvalue weighted by Gasteiger charge is -2.09. The van der Waals surface area contributed by atoms with Crippen LogP contribution in [0.1, 0.15) is 6.42 Å². The Morgan fingerprint density at radius 1 is 1.68 bits per heavy atom. The van der Waals surface area contributed by atoms with E-state index in [1.165, 1.54) is 0 Å². The van der Waals surface area contributed by atoms with E-state index in [0.29, 0.717) is 31.3 Å². The minimum atomic E-state index is -0.210. The van der Waals surface area contributed by atoms with Gasteiger partial charge in [-0.2, -0.15) is 5.10 Å². The number of rotatable bonds is 6. The van der Waals surface area contributed by atoms with Crippen molar-refractivity contribution in [2.24, 2.45) is 5.92 Å². The Bertz CT molecular complexity index is 401. The molecule has 2 heterocycles. The molecule has 106 valence electrons. The largest absolute Gasteiger partial charge is 0.383 e. The summed E-state index contributed by atoms with van der Waals surface area (Å²) in [5.41, 5.74) is 0.677. The number of hydrogen-bond acceptors (Lipinski definition) is 4. The van der Waals surface area contributed by atoms with Crippen molar-refractivity contribution < 1.29 is 14.3 Å². The Morgan fingerprint density at radius 2 is 2.58 bits per heavy atom. The summed E-state index contributed by atoms with van der Waals surface area (Å²) in [7, 11) is 1.64. The molecule has 0 aromatic carbocycles. The van der Waals surface area contributed by atoms with Crippen LogP contribution in [-0.2, 0) is 16.0 Å². The summed E-state index contributed by atoms with van der Waals surface area (Å²) in [6.45, 7) is 3.42. The first kappa shape index (κ1) is 13.8. The van der Waals surface area contributed by atoms with Gasteiger partial charge in [-0.05, 0) is 6.42 Å². The quantitative estimate of drug-likeness (QED) is 0.795. The summed E-state index contributed by atoms with van der Waals surface area (Å²) in [5, 5.41) is 9.70. The predicted molar refractivity (Wildman–Crippen MR) is 70.1 cm³/mol. The monoisotopic (exact) mass is 268 g/mol. The van der Waals surface area contributed by atoms with E-state index in [1.807, 2.05) is 0 Å². The number of carbonyl (C=O) groups excluding carboxylic acids is 1. The molecule has 1 atom stereocenters. The molecule has 7 heteroatoms. The van der Waals surface area contributed by atoms with E-state index in [9.17, 15) is 4.79 Å². The molecule has 7 nitrogen and oxygen atoms in total. The molecule has 1 aliphatic heterocycles. The number of anilines is 1. The van der Waals surface area contributed by atoms with Crippen LogP contribution in [0.3, 0.4) is 0 Å². The first-order valence-corrected chi connectivity index (χ1v) is 6.42. The van der Waals surface area contributed by atoms with Gasteiger partial charge in [0.05, 0.1) is 31.6 Å². The molecule has 1 saturated heterocycles. The summed E-state index contributed by atoms with van der Waals surface area (Å²) in [6, 6.07) is -0.210. The lowest BCUT2D eigenvalue weighted by Crippen LogP contribution is -2.33. The number of ether oxygens (including phenoxy) is 2. The van der Waals surface area contributed by atoms with E-state index < -0.39 is 0 Å². The number of nitrogens with zero attached hydrogens (tertiary/aromatic N) is 2. The van der Waals surface area contributed by atoms with Crippen molar-refractivity contribution in [3.63, 3.8) is 0 Å². The van der Waals surface area contributed by atoms with E-state index in [4.69, 9.17) is 9.47 Å². The van der Waals surface area contributed by atoms with Crippen LogP contribution in [0.15, 0.2) is 12.4 Å². The highest BCUT2D eigenvalue weighted by atomic mass is 16.5. The molecule has 2 N–H and O–H groups in total. The van der Waals surface area contributed by atoms with Gasteiger partial charge in [-0.25, -0.2) is 4.79 Å². The SMILES string of the molecule is COCCn1cc(NC(=O)NC[C@H]2CCOC2)cn1. The molecular weight excluding hydrogens is 248 g/mol. The molecule has 2 rings (SSSR count). The Morgan fingerprint density at radius 3 is 3.32 bits per heavy atom. The average molecular weight is 268 g/mol. The van der Waals surface area contributed by atoms with E-state index in [-0.39, 0.29) is 6.03 Å². The fourth-order valence-corrected chi connectivity index (χ4v) is 1.89. The van der Waals surface area contributed by atoms with Crippen LogP contribution in [-0.4, -0.2) is 49.3 Å². The van der Waals surface area contributed by atoms with Gasteiger partial charge in [0.15, 0.2) is 0 Å². The van der Waals surface area contributed by atoms with Crippen LogP contribution >= 0.6 is 0 Å². The summed E-state index contributed by atoms with van der Waals surface area (Å²) in [4.78, 5) is 11.7. The molecular formula is C12H20N4O3. The first-order chi connectivity index (χ1) is 9.28. The summed E-state index contributed by atoms with van der Waals surface area (Å²) < 4.78 is 11.9. The molecule has 2 amide bonds. The van der Waals surface area contributed by atoms with Crippen molar-refractivity contribution in [3.05, 3.63) is 12.4 Å². The van der Waals surface area contributed by atoms with Gasteiger partial charge in [0.2, 0.25) is 0 Å². The first-order valence-electron chi connectivity index (χ1n) is 6.42. The van der Waals surface area contributed by atoms with E-state index in [2.05, 4.69) is 15.7 Å². The molecule has 0 spiro atoms. The van der Waals surface area contributed by atoms with Crippen LogP contribution in [0.25, 0.3) is 0 Å². The molecule has 1 fully saturated rings. The normalized spacial score (nSPS) is 18.5. The zero-order chi connectivity index (χ0) is 13.5. The number of amides is 2. The van der Waals surface area contributed by atoms with Gasteiger partial charge >= 0.3 is 6.03 Å². The predicted octanol–water partition coefficient (Wildman–Crippen LogP) is 0.687. The zero-order valence-electron chi connectivity index (χ0n) is 11.1. The van der Waals surface area contributed by atoms with E-state index >= 15 is 0 Å². The lowest BCUT2D eigenvalue weighted by molar-refractivity contribution is 0.183. The minimum absolute atomic E-state index is 0.210. The van der Waals surface area contributed by atoms with Crippen molar-refractivity contribution in [2.75, 3.05) is 38.8 Å². The third kappa shape index (κ3) is 4.53. The zero-order valence-corrected chi connectivity index (χ0v) is 11.1. The van der Waals surface area contributed by atoms with Crippen molar-refractivity contribution >= 4 is 11.7 Å². The number of nitrogens with one attached hydrogen (secondary N) is 2. The maximum atomic E-state index is 11.7.